The molecule has 232 valence electrons. The number of likely N-dealkylation sites (tertiary alicyclic amines) is 1. The normalized spacial score (nSPS) is 25.6. The number of hydrogen-bond donors (Lipinski definition) is 1. The number of nitrogens with one attached hydrogen (secondary N) is 1. The monoisotopic (exact) mass is 619 g/mol. The Hall–Kier alpha value is -5.49. The zero-order chi connectivity index (χ0) is 32.2. The Morgan fingerprint density at radius 1 is 0.870 bits per heavy atom. The van der Waals surface area contributed by atoms with Crippen LogP contribution in [0.15, 0.2) is 83.9 Å². The molecule has 12 heteroatoms. The first-order chi connectivity index (χ1) is 22.2. The van der Waals surface area contributed by atoms with E-state index in [1.807, 2.05) is 24.3 Å². The van der Waals surface area contributed by atoms with Crippen molar-refractivity contribution < 1.29 is 24.2 Å². The van der Waals surface area contributed by atoms with Crippen LogP contribution in [-0.4, -0.2) is 62.9 Å². The summed E-state index contributed by atoms with van der Waals surface area (Å²) in [7, 11) is 0. The molecular weight excluding hydrogens is 590 g/mol. The molecule has 7 rings (SSSR count). The van der Waals surface area contributed by atoms with E-state index in [2.05, 4.69) is 10.2 Å². The van der Waals surface area contributed by atoms with Crippen LogP contribution in [-0.2, 0) is 19.9 Å². The Bertz CT molecular complexity index is 1820. The summed E-state index contributed by atoms with van der Waals surface area (Å²) in [6.07, 6.45) is 5.36. The molecule has 0 radical (unpaired) electrons. The number of benzene rings is 3. The van der Waals surface area contributed by atoms with Gasteiger partial charge in [0.1, 0.15) is 5.54 Å². The SMILES string of the molecule is O=C1/C(=C/c2cccc([N+](=O)[O-])c2)CN(C(=O)[C@H]2C[C@H]3CCCN3[C@]23C(=O)Nc2ccccc23)C/C1=C\c1cccc([N+](=O)[O-])c1. The van der Waals surface area contributed by atoms with Crippen molar-refractivity contribution in [3.8, 4) is 0 Å². The van der Waals surface area contributed by atoms with Gasteiger partial charge in [-0.3, -0.25) is 39.5 Å². The molecule has 12 nitrogen and oxygen atoms in total. The van der Waals surface area contributed by atoms with Crippen molar-refractivity contribution in [3.05, 3.63) is 121 Å². The van der Waals surface area contributed by atoms with E-state index < -0.39 is 21.3 Å². The number of para-hydroxylation sites is 1. The third-order valence-electron chi connectivity index (χ3n) is 9.53. The first-order valence-electron chi connectivity index (χ1n) is 15.1. The zero-order valence-electron chi connectivity index (χ0n) is 24.6. The van der Waals surface area contributed by atoms with Gasteiger partial charge in [0.15, 0.2) is 5.78 Å². The second-order valence-corrected chi connectivity index (χ2v) is 12.1. The molecule has 0 saturated carbocycles. The average molecular weight is 620 g/mol. The highest BCUT2D eigenvalue weighted by molar-refractivity contribution is 6.16. The van der Waals surface area contributed by atoms with Crippen molar-refractivity contribution in [3.63, 3.8) is 0 Å². The lowest BCUT2D eigenvalue weighted by atomic mass is 9.77. The average Bonchev–Trinajstić information content (AvgIpc) is 3.72. The Morgan fingerprint density at radius 3 is 2.09 bits per heavy atom. The number of Topliss-reactive ketones (excluding diaryl/α,β-unsaturated/α-hetero) is 1. The van der Waals surface area contributed by atoms with E-state index in [4.69, 9.17) is 0 Å². The van der Waals surface area contributed by atoms with Crippen molar-refractivity contribution >= 4 is 46.8 Å². The summed E-state index contributed by atoms with van der Waals surface area (Å²) in [5, 5.41) is 25.9. The highest BCUT2D eigenvalue weighted by Crippen LogP contribution is 2.55. The molecule has 3 aromatic carbocycles. The van der Waals surface area contributed by atoms with Crippen molar-refractivity contribution in [1.29, 1.82) is 0 Å². The largest absolute Gasteiger partial charge is 0.333 e. The van der Waals surface area contributed by atoms with Gasteiger partial charge < -0.3 is 10.2 Å². The summed E-state index contributed by atoms with van der Waals surface area (Å²) in [5.41, 5.74) is 1.31. The minimum Gasteiger partial charge on any atom is -0.333 e. The van der Waals surface area contributed by atoms with E-state index in [-0.39, 0.29) is 59.2 Å². The van der Waals surface area contributed by atoms with Gasteiger partial charge >= 0.3 is 0 Å². The van der Waals surface area contributed by atoms with E-state index in [0.29, 0.717) is 29.8 Å². The number of nitro benzene ring substituents is 2. The lowest BCUT2D eigenvalue weighted by Gasteiger charge is -2.39. The van der Waals surface area contributed by atoms with Gasteiger partial charge in [0.25, 0.3) is 11.4 Å². The van der Waals surface area contributed by atoms with E-state index in [9.17, 15) is 34.6 Å². The van der Waals surface area contributed by atoms with E-state index in [1.54, 1.807) is 17.0 Å². The van der Waals surface area contributed by atoms with Crippen LogP contribution in [0.25, 0.3) is 12.2 Å². The number of rotatable bonds is 5. The van der Waals surface area contributed by atoms with Crippen LogP contribution in [0.1, 0.15) is 36.0 Å². The molecule has 0 aliphatic carbocycles. The maximum Gasteiger partial charge on any atom is 0.270 e. The number of amides is 2. The second kappa shape index (κ2) is 11.1. The van der Waals surface area contributed by atoms with Gasteiger partial charge in [-0.15, -0.1) is 0 Å². The summed E-state index contributed by atoms with van der Waals surface area (Å²) in [6, 6.07) is 19.2. The van der Waals surface area contributed by atoms with Crippen molar-refractivity contribution in [2.75, 3.05) is 25.0 Å². The van der Waals surface area contributed by atoms with Crippen molar-refractivity contribution in [2.45, 2.75) is 30.8 Å². The van der Waals surface area contributed by atoms with E-state index in [0.717, 1.165) is 18.4 Å². The molecule has 3 fully saturated rings. The highest BCUT2D eigenvalue weighted by Gasteiger charge is 2.66. The summed E-state index contributed by atoms with van der Waals surface area (Å²) < 4.78 is 0. The first kappa shape index (κ1) is 29.2. The van der Waals surface area contributed by atoms with Gasteiger partial charge in [-0.2, -0.15) is 0 Å². The molecular formula is C34H29N5O7. The number of piperidine rings is 1. The molecule has 3 atom stereocenters. The predicted octanol–water partition coefficient (Wildman–Crippen LogP) is 4.71. The molecule has 46 heavy (non-hydrogen) atoms. The van der Waals surface area contributed by atoms with Crippen molar-refractivity contribution in [1.82, 2.24) is 9.80 Å². The van der Waals surface area contributed by atoms with Crippen molar-refractivity contribution in [2.24, 2.45) is 5.92 Å². The number of nitrogens with zero attached hydrogens (tertiary/aromatic N) is 4. The van der Waals surface area contributed by atoms with E-state index >= 15 is 0 Å². The van der Waals surface area contributed by atoms with Gasteiger partial charge in [0, 0.05) is 65.8 Å². The lowest BCUT2D eigenvalue weighted by molar-refractivity contribution is -0.385. The molecule has 4 aliphatic rings. The molecule has 0 aromatic heterocycles. The third kappa shape index (κ3) is 4.69. The number of nitro groups is 2. The lowest BCUT2D eigenvalue weighted by Crippen LogP contribution is -2.56. The number of non-ortho nitro benzene ring substituents is 2. The summed E-state index contributed by atoms with van der Waals surface area (Å²) in [5.74, 6) is -1.59. The minimum atomic E-state index is -1.18. The highest BCUT2D eigenvalue weighted by atomic mass is 16.6. The van der Waals surface area contributed by atoms with Crippen LogP contribution in [0.4, 0.5) is 17.1 Å². The predicted molar refractivity (Wildman–Crippen MR) is 168 cm³/mol. The molecule has 4 heterocycles. The standard InChI is InChI=1S/C34H29N5O7/c40-31-23(14-21-6-3-8-26(16-21)38(43)44)19-36(20-24(31)15-22-7-4-9-27(17-22)39(45)46)32(41)29-18-25-10-5-13-37(25)34(29)28-11-1-2-12-30(28)35-33(34)42/h1-4,6-9,11-12,14-17,25,29H,5,10,13,18-20H2,(H,35,42)/b23-14+,24-15+/t25-,29-,34+/m1/s1. The smallest absolute Gasteiger partial charge is 0.270 e. The zero-order valence-corrected chi connectivity index (χ0v) is 24.6. The molecule has 1 spiro atoms. The van der Waals surface area contributed by atoms with Crippen LogP contribution in [0.5, 0.6) is 0 Å². The number of anilines is 1. The summed E-state index contributed by atoms with van der Waals surface area (Å²) in [6.45, 7) is 0.560. The topological polar surface area (TPSA) is 156 Å². The minimum absolute atomic E-state index is 0.0528. The van der Waals surface area contributed by atoms with Crippen LogP contribution in [0.2, 0.25) is 0 Å². The summed E-state index contributed by atoms with van der Waals surface area (Å²) >= 11 is 0. The number of fused-ring (bicyclic) bond motifs is 4. The van der Waals surface area contributed by atoms with Gasteiger partial charge in [0.05, 0.1) is 15.8 Å². The first-order valence-corrected chi connectivity index (χ1v) is 15.1. The molecule has 0 unspecified atom stereocenters. The Labute approximate surface area is 263 Å². The van der Waals surface area contributed by atoms with Gasteiger partial charge in [-0.25, -0.2) is 0 Å². The molecule has 3 saturated heterocycles. The Kier molecular flexibility index (Phi) is 7.08. The molecule has 1 N–H and O–H groups in total. The Balaban J connectivity index is 1.31. The fourth-order valence-corrected chi connectivity index (χ4v) is 7.64. The van der Waals surface area contributed by atoms with Gasteiger partial charge in [-0.1, -0.05) is 42.5 Å². The Morgan fingerprint density at radius 2 is 1.48 bits per heavy atom. The third-order valence-corrected chi connectivity index (χ3v) is 9.53. The number of carbonyl (C=O) groups is 3. The van der Waals surface area contributed by atoms with Crippen LogP contribution < -0.4 is 5.32 Å². The maximum atomic E-state index is 14.7. The molecule has 4 aliphatic heterocycles. The van der Waals surface area contributed by atoms with Gasteiger partial charge in [-0.05, 0) is 55.2 Å². The second-order valence-electron chi connectivity index (χ2n) is 12.1. The van der Waals surface area contributed by atoms with E-state index in [1.165, 1.54) is 48.6 Å². The number of carbonyl (C=O) groups excluding carboxylic acids is 3. The molecule has 0 bridgehead atoms. The molecule has 3 aromatic rings. The summed E-state index contributed by atoms with van der Waals surface area (Å²) in [4.78, 5) is 68.0. The maximum absolute atomic E-state index is 14.7. The van der Waals surface area contributed by atoms with Crippen LogP contribution in [0, 0.1) is 26.1 Å². The number of ketones is 1. The fourth-order valence-electron chi connectivity index (χ4n) is 7.64. The van der Waals surface area contributed by atoms with Crippen LogP contribution in [0.3, 0.4) is 0 Å². The quantitative estimate of drug-likeness (QED) is 0.244. The molecule has 2 amide bonds. The fraction of sp³-hybridized carbons (Fsp3) is 0.265. The van der Waals surface area contributed by atoms with Gasteiger partial charge in [0.2, 0.25) is 11.8 Å². The van der Waals surface area contributed by atoms with Crippen LogP contribution >= 0.6 is 0 Å². The number of hydrogen-bond acceptors (Lipinski definition) is 8.